The van der Waals surface area contributed by atoms with Crippen LogP contribution in [-0.2, 0) is 11.0 Å². The topological polar surface area (TPSA) is 113 Å². The summed E-state index contributed by atoms with van der Waals surface area (Å²) in [5.41, 5.74) is -1.22. The average Bonchev–Trinajstić information content (AvgIpc) is 3.36. The number of carbonyl (C=O) groups is 3. The average molecular weight is 535 g/mol. The standard InChI is InChI=1S/C25H22ClF3N4O4/c26-18-11-8-15(25(27,28)29)12-19(18)33-22(34)14-6-9-16(10-7-14)32-23(35)20-21(31-13-30-20)24(36)37-17-4-2-1-3-5-17/h1-5,8,11-14,16H,6-7,9-10H2,(H,30,31)(H,32,35)(H,33,34). The highest BCUT2D eigenvalue weighted by Gasteiger charge is 2.32. The van der Waals surface area contributed by atoms with Gasteiger partial charge in [0.15, 0.2) is 11.4 Å². The third-order valence-corrected chi connectivity index (χ3v) is 6.33. The summed E-state index contributed by atoms with van der Waals surface area (Å²) in [6, 6.07) is 10.8. The summed E-state index contributed by atoms with van der Waals surface area (Å²) in [7, 11) is 0. The maximum Gasteiger partial charge on any atom is 0.416 e. The Morgan fingerprint density at radius 3 is 2.41 bits per heavy atom. The van der Waals surface area contributed by atoms with Crippen LogP contribution in [0.1, 0.15) is 52.2 Å². The molecule has 0 unspecified atom stereocenters. The summed E-state index contributed by atoms with van der Waals surface area (Å²) >= 11 is 5.97. The zero-order valence-corrected chi connectivity index (χ0v) is 20.0. The van der Waals surface area contributed by atoms with Crippen molar-refractivity contribution >= 4 is 35.1 Å². The number of aromatic amines is 1. The number of alkyl halides is 3. The number of H-pyrrole nitrogens is 1. The minimum absolute atomic E-state index is 0.00268. The fourth-order valence-electron chi connectivity index (χ4n) is 4.05. The van der Waals surface area contributed by atoms with E-state index in [9.17, 15) is 27.6 Å². The molecule has 8 nitrogen and oxygen atoms in total. The van der Waals surface area contributed by atoms with E-state index in [4.69, 9.17) is 16.3 Å². The molecule has 194 valence electrons. The summed E-state index contributed by atoms with van der Waals surface area (Å²) in [4.78, 5) is 44.5. The van der Waals surface area contributed by atoms with E-state index in [0.717, 1.165) is 18.2 Å². The van der Waals surface area contributed by atoms with Gasteiger partial charge in [-0.3, -0.25) is 9.59 Å². The van der Waals surface area contributed by atoms with E-state index in [1.807, 2.05) is 0 Å². The van der Waals surface area contributed by atoms with Gasteiger partial charge in [0, 0.05) is 12.0 Å². The number of benzene rings is 2. The molecule has 4 rings (SSSR count). The first-order chi connectivity index (χ1) is 17.6. The highest BCUT2D eigenvalue weighted by molar-refractivity contribution is 6.33. The van der Waals surface area contributed by atoms with Crippen LogP contribution in [0.15, 0.2) is 54.9 Å². The molecule has 3 N–H and O–H groups in total. The number of hydrogen-bond donors (Lipinski definition) is 3. The van der Waals surface area contributed by atoms with Gasteiger partial charge in [0.2, 0.25) is 5.91 Å². The van der Waals surface area contributed by atoms with Crippen LogP contribution >= 0.6 is 11.6 Å². The van der Waals surface area contributed by atoms with Crippen LogP contribution in [0.4, 0.5) is 18.9 Å². The normalized spacial score (nSPS) is 17.6. The number of aromatic nitrogens is 2. The number of ether oxygens (including phenoxy) is 1. The van der Waals surface area contributed by atoms with E-state index in [-0.39, 0.29) is 28.1 Å². The molecule has 0 radical (unpaired) electrons. The molecule has 37 heavy (non-hydrogen) atoms. The van der Waals surface area contributed by atoms with Crippen molar-refractivity contribution in [2.45, 2.75) is 37.9 Å². The lowest BCUT2D eigenvalue weighted by molar-refractivity contribution is -0.137. The minimum Gasteiger partial charge on any atom is -0.422 e. The Morgan fingerprint density at radius 2 is 1.73 bits per heavy atom. The number of halogens is 4. The number of esters is 1. The predicted octanol–water partition coefficient (Wildman–Crippen LogP) is 5.23. The summed E-state index contributed by atoms with van der Waals surface area (Å²) in [6.07, 6.45) is -1.64. The molecule has 1 aliphatic rings. The third kappa shape index (κ3) is 6.48. The summed E-state index contributed by atoms with van der Waals surface area (Å²) < 4.78 is 44.2. The smallest absolute Gasteiger partial charge is 0.416 e. The molecule has 1 aliphatic carbocycles. The molecule has 0 atom stereocenters. The highest BCUT2D eigenvalue weighted by Crippen LogP contribution is 2.34. The number of amides is 2. The van der Waals surface area contributed by atoms with Crippen molar-refractivity contribution in [1.82, 2.24) is 15.3 Å². The maximum atomic E-state index is 13.0. The van der Waals surface area contributed by atoms with Crippen LogP contribution in [-0.4, -0.2) is 33.8 Å². The Morgan fingerprint density at radius 1 is 1.03 bits per heavy atom. The number of anilines is 1. The van der Waals surface area contributed by atoms with Gasteiger partial charge in [-0.1, -0.05) is 29.8 Å². The van der Waals surface area contributed by atoms with Crippen molar-refractivity contribution in [3.05, 3.63) is 76.8 Å². The zero-order valence-electron chi connectivity index (χ0n) is 19.3. The molecule has 0 aliphatic heterocycles. The number of hydrogen-bond acceptors (Lipinski definition) is 5. The van der Waals surface area contributed by atoms with Crippen LogP contribution in [0, 0.1) is 5.92 Å². The van der Waals surface area contributed by atoms with Crippen molar-refractivity contribution in [2.24, 2.45) is 5.92 Å². The van der Waals surface area contributed by atoms with Gasteiger partial charge in [0.1, 0.15) is 5.75 Å². The highest BCUT2D eigenvalue weighted by atomic mass is 35.5. The number of rotatable bonds is 6. The molecule has 1 aromatic heterocycles. The largest absolute Gasteiger partial charge is 0.422 e. The Balaban J connectivity index is 1.31. The maximum absolute atomic E-state index is 13.0. The second-order valence-corrected chi connectivity index (χ2v) is 8.94. The van der Waals surface area contributed by atoms with Crippen molar-refractivity contribution in [2.75, 3.05) is 5.32 Å². The summed E-state index contributed by atoms with van der Waals surface area (Å²) in [5.74, 6) is -1.91. The van der Waals surface area contributed by atoms with E-state index in [1.54, 1.807) is 30.3 Å². The van der Waals surface area contributed by atoms with Crippen molar-refractivity contribution in [3.63, 3.8) is 0 Å². The van der Waals surface area contributed by atoms with Gasteiger partial charge >= 0.3 is 12.1 Å². The number of imidazole rings is 1. The van der Waals surface area contributed by atoms with Gasteiger partial charge in [0.05, 0.1) is 22.6 Å². The van der Waals surface area contributed by atoms with Gasteiger partial charge in [-0.15, -0.1) is 0 Å². The molecule has 3 aromatic rings. The molecular formula is C25H22ClF3N4O4. The minimum atomic E-state index is -4.56. The Kier molecular flexibility index (Phi) is 7.82. The van der Waals surface area contributed by atoms with Gasteiger partial charge in [-0.25, -0.2) is 9.78 Å². The molecule has 2 amide bonds. The van der Waals surface area contributed by atoms with Crippen LogP contribution in [0.5, 0.6) is 5.75 Å². The van der Waals surface area contributed by atoms with E-state index in [0.29, 0.717) is 31.4 Å². The first-order valence-electron chi connectivity index (χ1n) is 11.4. The van der Waals surface area contributed by atoms with Gasteiger partial charge in [-0.05, 0) is 56.0 Å². The second kappa shape index (κ2) is 11.0. The lowest BCUT2D eigenvalue weighted by Gasteiger charge is -2.28. The molecule has 1 heterocycles. The first-order valence-corrected chi connectivity index (χ1v) is 11.8. The number of nitrogens with zero attached hydrogens (tertiary/aromatic N) is 1. The van der Waals surface area contributed by atoms with E-state index in [1.165, 1.54) is 6.33 Å². The Labute approximate surface area is 214 Å². The molecule has 0 spiro atoms. The van der Waals surface area contributed by atoms with E-state index in [2.05, 4.69) is 20.6 Å². The SMILES string of the molecule is O=C(NC1CCC(C(=O)Nc2cc(C(F)(F)F)ccc2Cl)CC1)c1nc[nH]c1C(=O)Oc1ccccc1. The van der Waals surface area contributed by atoms with Gasteiger partial charge < -0.3 is 20.4 Å². The van der Waals surface area contributed by atoms with Crippen LogP contribution in [0.3, 0.4) is 0 Å². The van der Waals surface area contributed by atoms with Gasteiger partial charge in [0.25, 0.3) is 5.91 Å². The number of carbonyl (C=O) groups excluding carboxylic acids is 3. The predicted molar refractivity (Wildman–Crippen MR) is 128 cm³/mol. The third-order valence-electron chi connectivity index (χ3n) is 6.00. The molecule has 12 heteroatoms. The summed E-state index contributed by atoms with van der Waals surface area (Å²) in [5, 5.41) is 5.30. The Bertz CT molecular complexity index is 1290. The van der Waals surface area contributed by atoms with Crippen molar-refractivity contribution in [3.8, 4) is 5.75 Å². The fourth-order valence-corrected chi connectivity index (χ4v) is 4.22. The van der Waals surface area contributed by atoms with Crippen LogP contribution in [0.25, 0.3) is 0 Å². The van der Waals surface area contributed by atoms with E-state index < -0.39 is 35.4 Å². The summed E-state index contributed by atoms with van der Waals surface area (Å²) in [6.45, 7) is 0. The molecule has 0 saturated heterocycles. The molecule has 0 bridgehead atoms. The Hall–Kier alpha value is -3.86. The fraction of sp³-hybridized carbons (Fsp3) is 0.280. The van der Waals surface area contributed by atoms with Crippen molar-refractivity contribution < 1.29 is 32.3 Å². The van der Waals surface area contributed by atoms with Crippen LogP contribution < -0.4 is 15.4 Å². The second-order valence-electron chi connectivity index (χ2n) is 8.53. The quantitative estimate of drug-likeness (QED) is 0.296. The monoisotopic (exact) mass is 534 g/mol. The number of nitrogens with one attached hydrogen (secondary N) is 3. The van der Waals surface area contributed by atoms with E-state index >= 15 is 0 Å². The molecule has 1 saturated carbocycles. The molecule has 1 fully saturated rings. The van der Waals surface area contributed by atoms with Gasteiger partial charge in [-0.2, -0.15) is 13.2 Å². The lowest BCUT2D eigenvalue weighted by Crippen LogP contribution is -2.40. The molecular weight excluding hydrogens is 513 g/mol. The zero-order chi connectivity index (χ0) is 26.6. The number of para-hydroxylation sites is 1. The van der Waals surface area contributed by atoms with Crippen LogP contribution in [0.2, 0.25) is 5.02 Å². The first kappa shape index (κ1) is 26.2. The van der Waals surface area contributed by atoms with Crippen molar-refractivity contribution in [1.29, 1.82) is 0 Å². The molecule has 2 aromatic carbocycles. The lowest BCUT2D eigenvalue weighted by atomic mass is 9.85.